The van der Waals surface area contributed by atoms with Crippen molar-refractivity contribution in [1.82, 2.24) is 5.32 Å². The highest BCUT2D eigenvalue weighted by Crippen LogP contribution is 2.29. The Morgan fingerprint density at radius 3 is 2.58 bits per heavy atom. The van der Waals surface area contributed by atoms with Gasteiger partial charge >= 0.3 is 0 Å². The molecule has 2 rings (SSSR count). The number of methoxy groups -OCH3 is 2. The van der Waals surface area contributed by atoms with Crippen LogP contribution in [0.1, 0.15) is 27.6 Å². The van der Waals surface area contributed by atoms with Crippen LogP contribution in [-0.2, 0) is 0 Å². The first-order valence-corrected chi connectivity index (χ1v) is 7.78. The Morgan fingerprint density at radius 1 is 1.21 bits per heavy atom. The third-order valence-corrected chi connectivity index (χ3v) is 3.92. The maximum absolute atomic E-state index is 12.3. The number of benzene rings is 2. The molecule has 0 radical (unpaired) electrons. The van der Waals surface area contributed by atoms with Crippen LogP contribution in [0.5, 0.6) is 11.5 Å². The molecule has 6 heteroatoms. The zero-order valence-electron chi connectivity index (χ0n) is 13.8. The Morgan fingerprint density at radius 2 is 1.96 bits per heavy atom. The van der Waals surface area contributed by atoms with Gasteiger partial charge in [-0.2, -0.15) is 0 Å². The minimum absolute atomic E-state index is 0.0461. The van der Waals surface area contributed by atoms with Gasteiger partial charge in [0.15, 0.2) is 0 Å². The number of rotatable bonds is 6. The van der Waals surface area contributed by atoms with Gasteiger partial charge in [-0.1, -0.05) is 11.6 Å². The molecule has 0 aliphatic carbocycles. The Hall–Kier alpha value is -2.24. The van der Waals surface area contributed by atoms with Crippen molar-refractivity contribution < 1.29 is 19.4 Å². The average Bonchev–Trinajstić information content (AvgIpc) is 2.58. The molecule has 0 spiro atoms. The highest BCUT2D eigenvalue weighted by Gasteiger charge is 2.17. The van der Waals surface area contributed by atoms with Gasteiger partial charge in [-0.3, -0.25) is 4.79 Å². The van der Waals surface area contributed by atoms with Crippen LogP contribution in [0.15, 0.2) is 36.4 Å². The number of carbonyl (C=O) groups is 1. The van der Waals surface area contributed by atoms with E-state index in [0.29, 0.717) is 27.6 Å². The van der Waals surface area contributed by atoms with Crippen molar-refractivity contribution >= 4 is 17.5 Å². The predicted octanol–water partition coefficient (Wildman–Crippen LogP) is 3.13. The van der Waals surface area contributed by atoms with Crippen molar-refractivity contribution in [3.8, 4) is 11.5 Å². The maximum atomic E-state index is 12.3. The molecule has 128 valence electrons. The van der Waals surface area contributed by atoms with E-state index in [1.54, 1.807) is 43.5 Å². The van der Waals surface area contributed by atoms with Crippen LogP contribution in [0.2, 0.25) is 5.02 Å². The molecule has 0 aliphatic heterocycles. The van der Waals surface area contributed by atoms with Crippen LogP contribution in [0.4, 0.5) is 0 Å². The van der Waals surface area contributed by atoms with Crippen LogP contribution >= 0.6 is 11.6 Å². The Bertz CT molecular complexity index is 733. The average molecular weight is 350 g/mol. The molecule has 24 heavy (non-hydrogen) atoms. The number of aliphatic hydroxyl groups is 1. The number of amides is 1. The molecule has 0 aliphatic rings. The Balaban J connectivity index is 2.10. The Labute approximate surface area is 146 Å². The molecule has 1 atom stereocenters. The second-order valence-electron chi connectivity index (χ2n) is 5.29. The van der Waals surface area contributed by atoms with E-state index in [9.17, 15) is 9.90 Å². The molecular weight excluding hydrogens is 330 g/mol. The monoisotopic (exact) mass is 349 g/mol. The van der Waals surface area contributed by atoms with Gasteiger partial charge in [0.25, 0.3) is 5.91 Å². The highest BCUT2D eigenvalue weighted by molar-refractivity contribution is 6.30. The summed E-state index contributed by atoms with van der Waals surface area (Å²) in [5.74, 6) is 0.857. The summed E-state index contributed by atoms with van der Waals surface area (Å²) >= 11 is 5.89. The molecule has 1 amide bonds. The smallest absolute Gasteiger partial charge is 0.251 e. The first-order chi connectivity index (χ1) is 11.5. The Kier molecular flexibility index (Phi) is 6.06. The number of hydrogen-bond donors (Lipinski definition) is 2. The van der Waals surface area contributed by atoms with Gasteiger partial charge in [-0.25, -0.2) is 0 Å². The van der Waals surface area contributed by atoms with Gasteiger partial charge in [-0.15, -0.1) is 0 Å². The van der Waals surface area contributed by atoms with Crippen molar-refractivity contribution in [2.45, 2.75) is 13.0 Å². The summed E-state index contributed by atoms with van der Waals surface area (Å²) in [4.78, 5) is 12.3. The summed E-state index contributed by atoms with van der Waals surface area (Å²) in [5.41, 5.74) is 1.84. The van der Waals surface area contributed by atoms with E-state index >= 15 is 0 Å². The van der Waals surface area contributed by atoms with Gasteiger partial charge in [0.1, 0.15) is 17.6 Å². The summed E-state index contributed by atoms with van der Waals surface area (Å²) in [6.07, 6.45) is -0.924. The summed E-state index contributed by atoms with van der Waals surface area (Å²) in [6, 6.07) is 10.2. The number of aryl methyl sites for hydroxylation is 1. The SMILES string of the molecule is COc1ccc(OC)c([C@@H](O)CNC(=O)c2ccc(Cl)cc2C)c1. The van der Waals surface area contributed by atoms with Crippen LogP contribution in [0.3, 0.4) is 0 Å². The van der Waals surface area contributed by atoms with Gasteiger partial charge in [-0.05, 0) is 48.9 Å². The molecule has 0 saturated carbocycles. The number of hydrogen-bond acceptors (Lipinski definition) is 4. The third kappa shape index (κ3) is 4.19. The number of aliphatic hydroxyl groups excluding tert-OH is 1. The van der Waals surface area contributed by atoms with Gasteiger partial charge in [0.05, 0.1) is 14.2 Å². The van der Waals surface area contributed by atoms with E-state index in [2.05, 4.69) is 5.32 Å². The molecule has 0 saturated heterocycles. The molecular formula is C18H20ClNO4. The molecule has 2 aromatic carbocycles. The van der Waals surface area contributed by atoms with Gasteiger partial charge < -0.3 is 19.9 Å². The molecule has 5 nitrogen and oxygen atoms in total. The van der Waals surface area contributed by atoms with E-state index in [1.807, 2.05) is 6.92 Å². The van der Waals surface area contributed by atoms with Gasteiger partial charge in [0, 0.05) is 22.7 Å². The fourth-order valence-electron chi connectivity index (χ4n) is 2.38. The van der Waals surface area contributed by atoms with E-state index in [1.165, 1.54) is 7.11 Å². The van der Waals surface area contributed by atoms with E-state index < -0.39 is 6.10 Å². The number of ether oxygens (including phenoxy) is 2. The minimum Gasteiger partial charge on any atom is -0.497 e. The highest BCUT2D eigenvalue weighted by atomic mass is 35.5. The standard InChI is InChI=1S/C18H20ClNO4/c1-11-8-12(19)4-6-14(11)18(22)20-10-16(21)15-9-13(23-2)5-7-17(15)24-3/h4-9,16,21H,10H2,1-3H3,(H,20,22)/t16-/m0/s1. The van der Waals surface area contributed by atoms with Crippen LogP contribution in [0.25, 0.3) is 0 Å². The summed E-state index contributed by atoms with van der Waals surface area (Å²) in [6.45, 7) is 1.85. The van der Waals surface area contributed by atoms with Crippen molar-refractivity contribution in [3.05, 3.63) is 58.1 Å². The first-order valence-electron chi connectivity index (χ1n) is 7.40. The zero-order valence-corrected chi connectivity index (χ0v) is 14.6. The second kappa shape index (κ2) is 8.04. The van der Waals surface area contributed by atoms with Gasteiger partial charge in [0.2, 0.25) is 0 Å². The lowest BCUT2D eigenvalue weighted by Gasteiger charge is -2.17. The number of nitrogens with one attached hydrogen (secondary N) is 1. The van der Waals surface area contributed by atoms with E-state index in [-0.39, 0.29) is 12.5 Å². The summed E-state index contributed by atoms with van der Waals surface area (Å²) in [7, 11) is 3.07. The lowest BCUT2D eigenvalue weighted by atomic mass is 10.1. The lowest BCUT2D eigenvalue weighted by Crippen LogP contribution is -2.29. The molecule has 2 N–H and O–H groups in total. The third-order valence-electron chi connectivity index (χ3n) is 3.68. The fraction of sp³-hybridized carbons (Fsp3) is 0.278. The summed E-state index contributed by atoms with van der Waals surface area (Å²) < 4.78 is 10.4. The van der Waals surface area contributed by atoms with Crippen molar-refractivity contribution in [2.75, 3.05) is 20.8 Å². The van der Waals surface area contributed by atoms with Crippen molar-refractivity contribution in [1.29, 1.82) is 0 Å². The fourth-order valence-corrected chi connectivity index (χ4v) is 2.60. The van der Waals surface area contributed by atoms with Crippen LogP contribution in [0, 0.1) is 6.92 Å². The number of carbonyl (C=O) groups excluding carboxylic acids is 1. The minimum atomic E-state index is -0.924. The van der Waals surface area contributed by atoms with E-state index in [0.717, 1.165) is 5.56 Å². The van der Waals surface area contributed by atoms with Crippen molar-refractivity contribution in [3.63, 3.8) is 0 Å². The molecule has 2 aromatic rings. The second-order valence-corrected chi connectivity index (χ2v) is 5.73. The summed E-state index contributed by atoms with van der Waals surface area (Å²) in [5, 5.41) is 13.7. The van der Waals surface area contributed by atoms with Crippen LogP contribution < -0.4 is 14.8 Å². The lowest BCUT2D eigenvalue weighted by molar-refractivity contribution is 0.0914. The van der Waals surface area contributed by atoms with E-state index in [4.69, 9.17) is 21.1 Å². The molecule has 0 fully saturated rings. The molecule has 0 bridgehead atoms. The topological polar surface area (TPSA) is 67.8 Å². The predicted molar refractivity (Wildman–Crippen MR) is 93.0 cm³/mol. The molecule has 0 unspecified atom stereocenters. The zero-order chi connectivity index (χ0) is 17.7. The molecule has 0 heterocycles. The quantitative estimate of drug-likeness (QED) is 0.840. The maximum Gasteiger partial charge on any atom is 0.251 e. The number of halogens is 1. The largest absolute Gasteiger partial charge is 0.497 e. The normalized spacial score (nSPS) is 11.7. The first kappa shape index (κ1) is 18.1. The van der Waals surface area contributed by atoms with Crippen molar-refractivity contribution in [2.24, 2.45) is 0 Å². The molecule has 0 aromatic heterocycles. The van der Waals surface area contributed by atoms with Crippen LogP contribution in [-0.4, -0.2) is 31.8 Å².